The van der Waals surface area contributed by atoms with Gasteiger partial charge in [0, 0.05) is 24.5 Å². The van der Waals surface area contributed by atoms with Crippen molar-refractivity contribution in [2.45, 2.75) is 26.1 Å². The number of aromatic nitrogens is 4. The van der Waals surface area contributed by atoms with Crippen LogP contribution in [0.25, 0.3) is 10.7 Å². The number of benzene rings is 1. The first-order chi connectivity index (χ1) is 15.1. The van der Waals surface area contributed by atoms with E-state index in [-0.39, 0.29) is 5.91 Å². The Morgan fingerprint density at radius 2 is 2.06 bits per heavy atom. The molecule has 0 spiro atoms. The molecule has 2 N–H and O–H groups in total. The summed E-state index contributed by atoms with van der Waals surface area (Å²) in [5.41, 5.74) is 1.98. The molecule has 1 atom stereocenters. The van der Waals surface area contributed by atoms with Crippen LogP contribution in [0.4, 0.5) is 0 Å². The molecule has 158 valence electrons. The van der Waals surface area contributed by atoms with E-state index in [0.717, 1.165) is 21.8 Å². The molecule has 4 rings (SSSR count). The molecule has 9 heteroatoms. The lowest BCUT2D eigenvalue weighted by molar-refractivity contribution is -0.124. The van der Waals surface area contributed by atoms with Gasteiger partial charge in [0.2, 0.25) is 5.91 Å². The van der Waals surface area contributed by atoms with Gasteiger partial charge in [0.1, 0.15) is 18.4 Å². The fraction of sp³-hybridized carbons (Fsp3) is 0.182. The first-order valence-electron chi connectivity index (χ1n) is 9.71. The van der Waals surface area contributed by atoms with E-state index in [1.54, 1.807) is 28.3 Å². The van der Waals surface area contributed by atoms with Crippen molar-refractivity contribution >= 4 is 29.5 Å². The zero-order chi connectivity index (χ0) is 21.6. The van der Waals surface area contributed by atoms with E-state index < -0.39 is 6.04 Å². The zero-order valence-electron chi connectivity index (χ0n) is 16.8. The van der Waals surface area contributed by atoms with Crippen LogP contribution in [-0.2, 0) is 17.9 Å². The summed E-state index contributed by atoms with van der Waals surface area (Å²) in [6.45, 7) is 2.68. The number of hydrogen-bond acceptors (Lipinski definition) is 6. The van der Waals surface area contributed by atoms with Crippen molar-refractivity contribution in [3.8, 4) is 16.5 Å². The highest BCUT2D eigenvalue weighted by atomic mass is 32.1. The number of pyridine rings is 1. The molecule has 7 nitrogen and oxygen atoms in total. The summed E-state index contributed by atoms with van der Waals surface area (Å²) in [4.78, 5) is 17.8. The van der Waals surface area contributed by atoms with E-state index in [4.69, 9.17) is 17.0 Å². The summed E-state index contributed by atoms with van der Waals surface area (Å²) < 4.78 is 7.93. The molecule has 0 saturated carbocycles. The van der Waals surface area contributed by atoms with E-state index >= 15 is 0 Å². The summed E-state index contributed by atoms with van der Waals surface area (Å²) >= 11 is 6.90. The standard InChI is InChI=1S/C22H21N5O2S2/c1-15(27-20(25-26-22(27)30)19-5-3-11-31-19)21(28)24-13-16-6-8-18(9-7-16)29-14-17-4-2-10-23-12-17/h2-12,15H,13-14H2,1H3,(H,24,28)(H,26,30). The number of carbonyl (C=O) groups is 1. The van der Waals surface area contributed by atoms with Crippen LogP contribution < -0.4 is 10.1 Å². The molecule has 0 aliphatic heterocycles. The first-order valence-corrected chi connectivity index (χ1v) is 11.0. The maximum Gasteiger partial charge on any atom is 0.243 e. The predicted octanol–water partition coefficient (Wildman–Crippen LogP) is 4.52. The third-order valence-electron chi connectivity index (χ3n) is 4.73. The highest BCUT2D eigenvalue weighted by Crippen LogP contribution is 2.25. The second-order valence-corrected chi connectivity index (χ2v) is 8.22. The molecule has 0 radical (unpaired) electrons. The quantitative estimate of drug-likeness (QED) is 0.385. The molecule has 1 amide bonds. The van der Waals surface area contributed by atoms with E-state index in [2.05, 4.69) is 20.5 Å². The van der Waals surface area contributed by atoms with Crippen molar-refractivity contribution in [2.24, 2.45) is 0 Å². The number of nitrogens with zero attached hydrogens (tertiary/aromatic N) is 3. The summed E-state index contributed by atoms with van der Waals surface area (Å²) in [7, 11) is 0. The largest absolute Gasteiger partial charge is 0.489 e. The van der Waals surface area contributed by atoms with Crippen molar-refractivity contribution in [2.75, 3.05) is 0 Å². The van der Waals surface area contributed by atoms with Gasteiger partial charge in [0.05, 0.1) is 4.88 Å². The third-order valence-corrected chi connectivity index (χ3v) is 5.88. The number of ether oxygens (including phenoxy) is 1. The van der Waals surface area contributed by atoms with Crippen molar-refractivity contribution in [3.63, 3.8) is 0 Å². The fourth-order valence-corrected chi connectivity index (χ4v) is 4.05. The normalized spacial score (nSPS) is 11.8. The molecule has 3 aromatic heterocycles. The minimum absolute atomic E-state index is 0.132. The average molecular weight is 452 g/mol. The van der Waals surface area contributed by atoms with Crippen LogP contribution >= 0.6 is 23.6 Å². The van der Waals surface area contributed by atoms with Gasteiger partial charge in [-0.15, -0.1) is 11.3 Å². The molecule has 0 fully saturated rings. The molecule has 0 aliphatic rings. The lowest BCUT2D eigenvalue weighted by Gasteiger charge is -2.15. The van der Waals surface area contributed by atoms with Crippen LogP contribution in [0.5, 0.6) is 5.75 Å². The number of aromatic amines is 1. The number of rotatable bonds is 8. The maximum absolute atomic E-state index is 12.8. The highest BCUT2D eigenvalue weighted by Gasteiger charge is 2.21. The van der Waals surface area contributed by atoms with Gasteiger partial charge in [-0.05, 0) is 54.4 Å². The predicted molar refractivity (Wildman–Crippen MR) is 122 cm³/mol. The lowest BCUT2D eigenvalue weighted by Crippen LogP contribution is -2.31. The van der Waals surface area contributed by atoms with Crippen molar-refractivity contribution in [1.29, 1.82) is 0 Å². The van der Waals surface area contributed by atoms with E-state index in [9.17, 15) is 4.79 Å². The van der Waals surface area contributed by atoms with Crippen LogP contribution in [-0.4, -0.2) is 25.7 Å². The van der Waals surface area contributed by atoms with Crippen LogP contribution in [0.15, 0.2) is 66.3 Å². The van der Waals surface area contributed by atoms with Gasteiger partial charge >= 0.3 is 0 Å². The fourth-order valence-electron chi connectivity index (χ4n) is 3.05. The Morgan fingerprint density at radius 1 is 1.23 bits per heavy atom. The van der Waals surface area contributed by atoms with Gasteiger partial charge in [-0.2, -0.15) is 5.10 Å². The van der Waals surface area contributed by atoms with Crippen molar-refractivity contribution < 1.29 is 9.53 Å². The highest BCUT2D eigenvalue weighted by molar-refractivity contribution is 7.71. The molecule has 1 unspecified atom stereocenters. The van der Waals surface area contributed by atoms with Gasteiger partial charge in [-0.3, -0.25) is 19.4 Å². The summed E-state index contributed by atoms with van der Waals surface area (Å²) in [5.74, 6) is 1.29. The molecular weight excluding hydrogens is 430 g/mol. The Bertz CT molecular complexity index is 1180. The van der Waals surface area contributed by atoms with Crippen LogP contribution in [0.1, 0.15) is 24.1 Å². The van der Waals surface area contributed by atoms with E-state index in [1.807, 2.05) is 60.8 Å². The van der Waals surface area contributed by atoms with Gasteiger partial charge in [-0.1, -0.05) is 24.3 Å². The average Bonchev–Trinajstić information content (AvgIpc) is 3.46. The monoisotopic (exact) mass is 451 g/mol. The number of amides is 1. The van der Waals surface area contributed by atoms with Gasteiger partial charge in [-0.25, -0.2) is 0 Å². The smallest absolute Gasteiger partial charge is 0.243 e. The Hall–Kier alpha value is -3.30. The van der Waals surface area contributed by atoms with Gasteiger partial charge in [0.15, 0.2) is 10.6 Å². The number of nitrogens with one attached hydrogen (secondary N) is 2. The summed E-state index contributed by atoms with van der Waals surface area (Å²) in [5, 5.41) is 12.0. The van der Waals surface area contributed by atoms with E-state index in [1.165, 1.54) is 0 Å². The van der Waals surface area contributed by atoms with Crippen LogP contribution in [0.2, 0.25) is 0 Å². The Balaban J connectivity index is 1.35. The van der Waals surface area contributed by atoms with Crippen LogP contribution in [0.3, 0.4) is 0 Å². The van der Waals surface area contributed by atoms with Crippen molar-refractivity contribution in [3.05, 3.63) is 82.2 Å². The molecule has 0 bridgehead atoms. The molecular formula is C22H21N5O2S2. The number of H-pyrrole nitrogens is 1. The zero-order valence-corrected chi connectivity index (χ0v) is 18.5. The topological polar surface area (TPSA) is 84.8 Å². The van der Waals surface area contributed by atoms with E-state index in [0.29, 0.717) is 23.7 Å². The Labute approximate surface area is 188 Å². The summed E-state index contributed by atoms with van der Waals surface area (Å²) in [6.07, 6.45) is 3.51. The molecule has 1 aromatic carbocycles. The maximum atomic E-state index is 12.8. The molecule has 0 saturated heterocycles. The number of carbonyl (C=O) groups excluding carboxylic acids is 1. The van der Waals surface area contributed by atoms with Crippen molar-refractivity contribution in [1.82, 2.24) is 25.1 Å². The number of thiophene rings is 1. The van der Waals surface area contributed by atoms with Gasteiger partial charge < -0.3 is 10.1 Å². The van der Waals surface area contributed by atoms with Gasteiger partial charge in [0.25, 0.3) is 0 Å². The SMILES string of the molecule is CC(C(=O)NCc1ccc(OCc2cccnc2)cc1)n1c(-c2cccs2)n[nH]c1=S. The second-order valence-electron chi connectivity index (χ2n) is 6.89. The molecule has 4 aromatic rings. The first kappa shape index (κ1) is 21.0. The second kappa shape index (κ2) is 9.67. The van der Waals surface area contributed by atoms with Crippen LogP contribution in [0, 0.1) is 4.77 Å². The molecule has 0 aliphatic carbocycles. The third kappa shape index (κ3) is 5.07. The Kier molecular flexibility index (Phi) is 6.54. The summed E-state index contributed by atoms with van der Waals surface area (Å²) in [6, 6.07) is 14.9. The minimum Gasteiger partial charge on any atom is -0.489 e. The Morgan fingerprint density at radius 3 is 2.77 bits per heavy atom. The lowest BCUT2D eigenvalue weighted by atomic mass is 10.2. The number of hydrogen-bond donors (Lipinski definition) is 2. The molecule has 3 heterocycles. The minimum atomic E-state index is -0.495. The molecule has 31 heavy (non-hydrogen) atoms.